The van der Waals surface area contributed by atoms with Crippen molar-refractivity contribution < 1.29 is 4.79 Å². The molecule has 3 rings (SSSR count). The second-order valence-electron chi connectivity index (χ2n) is 5.89. The lowest BCUT2D eigenvalue weighted by Crippen LogP contribution is -2.15. The third-order valence-corrected chi connectivity index (χ3v) is 5.45. The van der Waals surface area contributed by atoms with Gasteiger partial charge in [0, 0.05) is 10.2 Å². The first-order valence-electron chi connectivity index (χ1n) is 7.99. The van der Waals surface area contributed by atoms with Gasteiger partial charge in [-0.15, -0.1) is 5.10 Å². The van der Waals surface area contributed by atoms with Crippen LogP contribution >= 0.6 is 27.7 Å². The lowest BCUT2D eigenvalue weighted by atomic mass is 10.1. The molecule has 1 N–H and O–H groups in total. The number of nitrogens with one attached hydrogen (secondary N) is 1. The zero-order valence-electron chi connectivity index (χ0n) is 14.7. The summed E-state index contributed by atoms with van der Waals surface area (Å²) in [5.41, 5.74) is 4.99. The first-order chi connectivity index (χ1) is 12.5. The first-order valence-corrected chi connectivity index (χ1v) is 9.77. The van der Waals surface area contributed by atoms with Gasteiger partial charge in [0.25, 0.3) is 0 Å². The van der Waals surface area contributed by atoms with Gasteiger partial charge in [0.1, 0.15) is 0 Å². The van der Waals surface area contributed by atoms with Crippen LogP contribution in [0.2, 0.25) is 0 Å². The van der Waals surface area contributed by atoms with Gasteiger partial charge in [0.2, 0.25) is 11.1 Å². The van der Waals surface area contributed by atoms with Gasteiger partial charge in [-0.05, 0) is 72.2 Å². The fourth-order valence-corrected chi connectivity index (χ4v) is 3.63. The molecular formula is C18H18BrN5OS. The minimum atomic E-state index is -0.101. The Labute approximate surface area is 164 Å². The Morgan fingerprint density at radius 3 is 2.77 bits per heavy atom. The minimum absolute atomic E-state index is 0.101. The summed E-state index contributed by atoms with van der Waals surface area (Å²) in [6.45, 7) is 6.03. The summed E-state index contributed by atoms with van der Waals surface area (Å²) in [5, 5.41) is 15.4. The van der Waals surface area contributed by atoms with E-state index in [-0.39, 0.29) is 11.7 Å². The van der Waals surface area contributed by atoms with Crippen LogP contribution < -0.4 is 5.32 Å². The summed E-state index contributed by atoms with van der Waals surface area (Å²) < 4.78 is 2.65. The highest BCUT2D eigenvalue weighted by Crippen LogP contribution is 2.23. The number of halogens is 1. The predicted molar refractivity (Wildman–Crippen MR) is 107 cm³/mol. The highest BCUT2D eigenvalue weighted by Gasteiger charge is 2.14. The molecule has 0 saturated carbocycles. The number of carbonyl (C=O) groups is 1. The number of anilines is 1. The van der Waals surface area contributed by atoms with Crippen LogP contribution in [0.25, 0.3) is 5.69 Å². The summed E-state index contributed by atoms with van der Waals surface area (Å²) in [5.74, 6) is 0.122. The van der Waals surface area contributed by atoms with Crippen molar-refractivity contribution in [3.63, 3.8) is 0 Å². The quantitative estimate of drug-likeness (QED) is 0.616. The molecule has 0 aliphatic heterocycles. The summed E-state index contributed by atoms with van der Waals surface area (Å²) in [6.07, 6.45) is 0. The average molecular weight is 432 g/mol. The molecule has 0 fully saturated rings. The second kappa shape index (κ2) is 8.01. The van der Waals surface area contributed by atoms with Crippen molar-refractivity contribution >= 4 is 39.3 Å². The fraction of sp³-hybridized carbons (Fsp3) is 0.222. The van der Waals surface area contributed by atoms with Gasteiger partial charge >= 0.3 is 0 Å². The summed E-state index contributed by atoms with van der Waals surface area (Å²) in [6, 6.07) is 11.7. The first kappa shape index (κ1) is 18.6. The van der Waals surface area contributed by atoms with Crippen molar-refractivity contribution in [3.05, 3.63) is 57.6 Å². The van der Waals surface area contributed by atoms with Crippen LogP contribution in [-0.2, 0) is 4.79 Å². The number of hydrogen-bond donors (Lipinski definition) is 1. The minimum Gasteiger partial charge on any atom is -0.325 e. The maximum absolute atomic E-state index is 12.3. The van der Waals surface area contributed by atoms with E-state index in [0.29, 0.717) is 5.16 Å². The summed E-state index contributed by atoms with van der Waals surface area (Å²) >= 11 is 4.72. The molecule has 0 saturated heterocycles. The zero-order valence-corrected chi connectivity index (χ0v) is 17.1. The highest BCUT2D eigenvalue weighted by molar-refractivity contribution is 9.10. The molecule has 0 spiro atoms. The van der Waals surface area contributed by atoms with E-state index in [2.05, 4.69) is 36.8 Å². The summed E-state index contributed by atoms with van der Waals surface area (Å²) in [4.78, 5) is 12.3. The lowest BCUT2D eigenvalue weighted by Gasteiger charge is -2.10. The van der Waals surface area contributed by atoms with Crippen molar-refractivity contribution in [1.82, 2.24) is 20.2 Å². The molecule has 0 aliphatic rings. The highest BCUT2D eigenvalue weighted by atomic mass is 79.9. The molecule has 26 heavy (non-hydrogen) atoms. The van der Waals surface area contributed by atoms with Gasteiger partial charge in [-0.1, -0.05) is 39.8 Å². The molecule has 6 nitrogen and oxygen atoms in total. The number of rotatable bonds is 5. The van der Waals surface area contributed by atoms with Gasteiger partial charge in [-0.2, -0.15) is 4.68 Å². The second-order valence-corrected chi connectivity index (χ2v) is 7.75. The molecule has 0 bridgehead atoms. The maximum atomic E-state index is 12.3. The van der Waals surface area contributed by atoms with Crippen molar-refractivity contribution in [1.29, 1.82) is 0 Å². The number of carbonyl (C=O) groups excluding carboxylic acids is 1. The van der Waals surface area contributed by atoms with Crippen molar-refractivity contribution in [2.75, 3.05) is 11.1 Å². The number of nitrogens with zero attached hydrogens (tertiary/aromatic N) is 4. The number of amides is 1. The zero-order chi connectivity index (χ0) is 18.7. The van der Waals surface area contributed by atoms with Crippen LogP contribution in [0.3, 0.4) is 0 Å². The molecule has 3 aromatic rings. The molecule has 1 aromatic heterocycles. The standard InChI is InChI=1S/C18H18BrN5OS/c1-11-5-4-6-16(13(11)3)24-18(21-22-23-24)26-10-17(25)20-15-8-7-14(19)9-12(15)2/h4-9H,10H2,1-3H3,(H,20,25). The van der Waals surface area contributed by atoms with E-state index >= 15 is 0 Å². The Kier molecular flexibility index (Phi) is 5.73. The van der Waals surface area contributed by atoms with Gasteiger partial charge < -0.3 is 5.32 Å². The third-order valence-electron chi connectivity index (χ3n) is 4.04. The molecule has 0 atom stereocenters. The Hall–Kier alpha value is -2.19. The van der Waals surface area contributed by atoms with Gasteiger partial charge in [0.05, 0.1) is 11.4 Å². The number of aromatic nitrogens is 4. The van der Waals surface area contributed by atoms with E-state index in [4.69, 9.17) is 0 Å². The molecule has 0 aliphatic carbocycles. The number of benzene rings is 2. The van der Waals surface area contributed by atoms with Crippen molar-refractivity contribution in [2.45, 2.75) is 25.9 Å². The van der Waals surface area contributed by atoms with E-state index in [0.717, 1.165) is 32.5 Å². The van der Waals surface area contributed by atoms with Crippen LogP contribution in [0, 0.1) is 20.8 Å². The molecule has 0 radical (unpaired) electrons. The fourth-order valence-electron chi connectivity index (χ4n) is 2.47. The topological polar surface area (TPSA) is 72.7 Å². The van der Waals surface area contributed by atoms with Crippen LogP contribution in [0.5, 0.6) is 0 Å². The molecular weight excluding hydrogens is 414 g/mol. The van der Waals surface area contributed by atoms with E-state index in [9.17, 15) is 4.79 Å². The SMILES string of the molecule is Cc1cc(Br)ccc1NC(=O)CSc1nnnn1-c1cccc(C)c1C. The number of thioether (sulfide) groups is 1. The third kappa shape index (κ3) is 4.13. The number of hydrogen-bond acceptors (Lipinski definition) is 5. The molecule has 0 unspecified atom stereocenters. The number of tetrazole rings is 1. The normalized spacial score (nSPS) is 10.8. The van der Waals surface area contributed by atoms with Gasteiger partial charge in [0.15, 0.2) is 0 Å². The predicted octanol–water partition coefficient (Wildman–Crippen LogP) is 4.08. The van der Waals surface area contributed by atoms with Crippen LogP contribution in [0.4, 0.5) is 5.69 Å². The van der Waals surface area contributed by atoms with E-state index in [1.54, 1.807) is 4.68 Å². The summed E-state index contributed by atoms with van der Waals surface area (Å²) in [7, 11) is 0. The molecule has 134 valence electrons. The number of aryl methyl sites for hydroxylation is 2. The van der Waals surface area contributed by atoms with E-state index in [1.165, 1.54) is 11.8 Å². The van der Waals surface area contributed by atoms with Crippen molar-refractivity contribution in [2.24, 2.45) is 0 Å². The molecule has 1 amide bonds. The monoisotopic (exact) mass is 431 g/mol. The largest absolute Gasteiger partial charge is 0.325 e. The Morgan fingerprint density at radius 1 is 1.19 bits per heavy atom. The average Bonchev–Trinajstić information content (AvgIpc) is 3.06. The molecule has 8 heteroatoms. The van der Waals surface area contributed by atoms with Crippen molar-refractivity contribution in [3.8, 4) is 5.69 Å². The van der Waals surface area contributed by atoms with E-state index < -0.39 is 0 Å². The maximum Gasteiger partial charge on any atom is 0.234 e. The van der Waals surface area contributed by atoms with Crippen LogP contribution in [0.15, 0.2) is 46.0 Å². The molecule has 2 aromatic carbocycles. The van der Waals surface area contributed by atoms with Crippen LogP contribution in [-0.4, -0.2) is 31.9 Å². The lowest BCUT2D eigenvalue weighted by molar-refractivity contribution is -0.113. The Bertz CT molecular complexity index is 957. The Balaban J connectivity index is 1.70. The smallest absolute Gasteiger partial charge is 0.234 e. The Morgan fingerprint density at radius 2 is 2.00 bits per heavy atom. The molecule has 1 heterocycles. The van der Waals surface area contributed by atoms with Crippen LogP contribution in [0.1, 0.15) is 16.7 Å². The van der Waals surface area contributed by atoms with E-state index in [1.807, 2.05) is 57.2 Å². The van der Waals surface area contributed by atoms with Gasteiger partial charge in [-0.25, -0.2) is 0 Å². The van der Waals surface area contributed by atoms with Gasteiger partial charge in [-0.3, -0.25) is 4.79 Å².